The summed E-state index contributed by atoms with van der Waals surface area (Å²) in [6, 6.07) is 7.95. The van der Waals surface area contributed by atoms with Crippen LogP contribution in [0.2, 0.25) is 0 Å². The largest absolute Gasteiger partial charge is 0.466 e. The quantitative estimate of drug-likeness (QED) is 0.866. The van der Waals surface area contributed by atoms with E-state index < -0.39 is 12.0 Å². The summed E-state index contributed by atoms with van der Waals surface area (Å²) in [5, 5.41) is 11.8. The Morgan fingerprint density at radius 2 is 2.23 bits per heavy atom. The summed E-state index contributed by atoms with van der Waals surface area (Å²) in [4.78, 5) is 25.8. The van der Waals surface area contributed by atoms with Gasteiger partial charge in [-0.3, -0.25) is 4.90 Å². The van der Waals surface area contributed by atoms with Gasteiger partial charge in [0.1, 0.15) is 0 Å². The molecule has 22 heavy (non-hydrogen) atoms. The maximum absolute atomic E-state index is 12.2. The molecule has 2 rings (SSSR count). The van der Waals surface area contributed by atoms with Crippen molar-refractivity contribution in [2.75, 3.05) is 13.7 Å². The normalized spacial score (nSPS) is 17.8. The van der Waals surface area contributed by atoms with Gasteiger partial charge >= 0.3 is 12.0 Å². The van der Waals surface area contributed by atoms with E-state index >= 15 is 0 Å². The predicted octanol–water partition coefficient (Wildman–Crippen LogP) is 2.09. The number of hydrogen-bond acceptors (Lipinski definition) is 4. The number of urea groups is 1. The zero-order valence-corrected chi connectivity index (χ0v) is 12.7. The van der Waals surface area contributed by atoms with Crippen LogP contribution in [0.3, 0.4) is 0 Å². The van der Waals surface area contributed by atoms with Crippen LogP contribution < -0.4 is 5.32 Å². The van der Waals surface area contributed by atoms with Crippen molar-refractivity contribution in [2.45, 2.75) is 19.9 Å². The monoisotopic (exact) mass is 299 g/mol. The first-order valence-electron chi connectivity index (χ1n) is 6.90. The highest BCUT2D eigenvalue weighted by molar-refractivity contribution is 5.95. The fourth-order valence-electron chi connectivity index (χ4n) is 2.57. The molecule has 6 nitrogen and oxygen atoms in total. The molecule has 0 aliphatic carbocycles. The van der Waals surface area contributed by atoms with E-state index in [1.54, 1.807) is 31.2 Å². The molecule has 0 aromatic heterocycles. The van der Waals surface area contributed by atoms with Gasteiger partial charge < -0.3 is 10.1 Å². The lowest BCUT2D eigenvalue weighted by Crippen LogP contribution is -2.47. The molecule has 1 aliphatic heterocycles. The number of methoxy groups -OCH3 is 1. The highest BCUT2D eigenvalue weighted by Gasteiger charge is 2.35. The summed E-state index contributed by atoms with van der Waals surface area (Å²) < 4.78 is 4.86. The summed E-state index contributed by atoms with van der Waals surface area (Å²) in [6.45, 7) is 3.99. The maximum Gasteiger partial charge on any atom is 0.337 e. The standard InChI is InChI=1S/C16H17N3O3/c1-4-19-10(2)13(15(20)22-3)14(18-16(19)21)12-7-5-6-11(8-12)9-17/h5-8,14H,4H2,1-3H3,(H,18,21)/t14-/m1/s1. The molecule has 0 saturated carbocycles. The van der Waals surface area contributed by atoms with Crippen molar-refractivity contribution in [3.05, 3.63) is 46.7 Å². The number of benzene rings is 1. The van der Waals surface area contributed by atoms with Gasteiger partial charge in [0.25, 0.3) is 0 Å². The Balaban J connectivity index is 2.57. The molecule has 0 bridgehead atoms. The van der Waals surface area contributed by atoms with E-state index in [-0.39, 0.29) is 6.03 Å². The van der Waals surface area contributed by atoms with Crippen LogP contribution in [0.25, 0.3) is 0 Å². The molecule has 1 aromatic carbocycles. The Bertz CT molecular complexity index is 688. The second-order valence-corrected chi connectivity index (χ2v) is 4.85. The summed E-state index contributed by atoms with van der Waals surface area (Å²) in [5.41, 5.74) is 2.07. The smallest absolute Gasteiger partial charge is 0.337 e. The number of hydrogen-bond donors (Lipinski definition) is 1. The van der Waals surface area contributed by atoms with Crippen LogP contribution in [0.4, 0.5) is 4.79 Å². The number of nitrogens with zero attached hydrogens (tertiary/aromatic N) is 2. The van der Waals surface area contributed by atoms with Gasteiger partial charge in [-0.2, -0.15) is 5.26 Å². The summed E-state index contributed by atoms with van der Waals surface area (Å²) in [5.74, 6) is -0.497. The van der Waals surface area contributed by atoms with Crippen LogP contribution in [0, 0.1) is 11.3 Å². The first-order valence-corrected chi connectivity index (χ1v) is 6.90. The number of esters is 1. The van der Waals surface area contributed by atoms with Crippen molar-refractivity contribution in [1.82, 2.24) is 10.2 Å². The average molecular weight is 299 g/mol. The number of rotatable bonds is 3. The van der Waals surface area contributed by atoms with Gasteiger partial charge in [-0.25, -0.2) is 9.59 Å². The van der Waals surface area contributed by atoms with Crippen molar-refractivity contribution in [3.8, 4) is 6.07 Å². The van der Waals surface area contributed by atoms with Crippen molar-refractivity contribution < 1.29 is 14.3 Å². The number of nitriles is 1. The van der Waals surface area contributed by atoms with Gasteiger partial charge in [0, 0.05) is 12.2 Å². The molecule has 0 radical (unpaired) electrons. The lowest BCUT2D eigenvalue weighted by atomic mass is 9.94. The van der Waals surface area contributed by atoms with Crippen LogP contribution in [-0.4, -0.2) is 30.6 Å². The third-order valence-electron chi connectivity index (χ3n) is 3.67. The molecule has 0 saturated heterocycles. The molecule has 114 valence electrons. The minimum Gasteiger partial charge on any atom is -0.466 e. The first kappa shape index (κ1) is 15.6. The number of amides is 2. The lowest BCUT2D eigenvalue weighted by molar-refractivity contribution is -0.136. The Kier molecular flexibility index (Phi) is 4.47. The van der Waals surface area contributed by atoms with Crippen LogP contribution in [0.1, 0.15) is 31.0 Å². The van der Waals surface area contributed by atoms with E-state index in [4.69, 9.17) is 10.00 Å². The number of carbonyl (C=O) groups excluding carboxylic acids is 2. The summed E-state index contributed by atoms with van der Waals surface area (Å²) in [6.07, 6.45) is 0. The average Bonchev–Trinajstić information content (AvgIpc) is 2.54. The van der Waals surface area contributed by atoms with Crippen LogP contribution in [0.15, 0.2) is 35.5 Å². The third kappa shape index (κ3) is 2.66. The van der Waals surface area contributed by atoms with Gasteiger partial charge in [0.15, 0.2) is 0 Å². The van der Waals surface area contributed by atoms with Gasteiger partial charge in [-0.05, 0) is 31.5 Å². The third-order valence-corrected chi connectivity index (χ3v) is 3.67. The zero-order chi connectivity index (χ0) is 16.3. The molecule has 0 unspecified atom stereocenters. The predicted molar refractivity (Wildman–Crippen MR) is 79.5 cm³/mol. The lowest BCUT2D eigenvalue weighted by Gasteiger charge is -2.34. The molecule has 1 aromatic rings. The number of allylic oxidation sites excluding steroid dienone is 1. The van der Waals surface area contributed by atoms with Crippen molar-refractivity contribution in [3.63, 3.8) is 0 Å². The molecule has 0 spiro atoms. The Labute approximate surface area is 129 Å². The Morgan fingerprint density at radius 1 is 1.50 bits per heavy atom. The molecule has 1 atom stereocenters. The van der Waals surface area contributed by atoms with Crippen molar-refractivity contribution in [2.24, 2.45) is 0 Å². The molecular formula is C16H17N3O3. The van der Waals surface area contributed by atoms with Gasteiger partial charge in [-0.1, -0.05) is 12.1 Å². The molecule has 1 N–H and O–H groups in total. The fourth-order valence-corrected chi connectivity index (χ4v) is 2.57. The molecule has 0 fully saturated rings. The minimum absolute atomic E-state index is 0.278. The summed E-state index contributed by atoms with van der Waals surface area (Å²) >= 11 is 0. The molecule has 2 amide bonds. The van der Waals surface area contributed by atoms with Gasteiger partial charge in [0.2, 0.25) is 0 Å². The Morgan fingerprint density at radius 3 is 2.82 bits per heavy atom. The van der Waals surface area contributed by atoms with E-state index in [9.17, 15) is 9.59 Å². The Hall–Kier alpha value is -2.81. The van der Waals surface area contributed by atoms with Crippen molar-refractivity contribution in [1.29, 1.82) is 5.26 Å². The van der Waals surface area contributed by atoms with Gasteiger partial charge in [0.05, 0.1) is 30.4 Å². The first-order chi connectivity index (χ1) is 10.5. The molecule has 1 heterocycles. The van der Waals surface area contributed by atoms with Crippen LogP contribution in [-0.2, 0) is 9.53 Å². The number of carbonyl (C=O) groups is 2. The van der Waals surface area contributed by atoms with Crippen LogP contribution in [0.5, 0.6) is 0 Å². The van der Waals surface area contributed by atoms with E-state index in [0.717, 1.165) is 0 Å². The maximum atomic E-state index is 12.2. The number of nitrogens with one attached hydrogen (secondary N) is 1. The fraction of sp³-hybridized carbons (Fsp3) is 0.312. The second-order valence-electron chi connectivity index (χ2n) is 4.85. The zero-order valence-electron chi connectivity index (χ0n) is 12.7. The van der Waals surface area contributed by atoms with E-state index in [0.29, 0.717) is 28.9 Å². The number of ether oxygens (including phenoxy) is 1. The van der Waals surface area contributed by atoms with E-state index in [2.05, 4.69) is 11.4 Å². The topological polar surface area (TPSA) is 82.4 Å². The SMILES string of the molecule is CCN1C(=O)N[C@H](c2cccc(C#N)c2)C(C(=O)OC)=C1C. The highest BCUT2D eigenvalue weighted by Crippen LogP contribution is 2.31. The van der Waals surface area contributed by atoms with Crippen LogP contribution >= 0.6 is 0 Å². The summed E-state index contributed by atoms with van der Waals surface area (Å²) in [7, 11) is 1.30. The highest BCUT2D eigenvalue weighted by atomic mass is 16.5. The molecular weight excluding hydrogens is 282 g/mol. The second kappa shape index (κ2) is 6.31. The molecule has 6 heteroatoms. The van der Waals surface area contributed by atoms with E-state index in [1.165, 1.54) is 12.0 Å². The minimum atomic E-state index is -0.629. The van der Waals surface area contributed by atoms with Gasteiger partial charge in [-0.15, -0.1) is 0 Å². The van der Waals surface area contributed by atoms with E-state index in [1.807, 2.05) is 6.92 Å². The van der Waals surface area contributed by atoms with Crippen molar-refractivity contribution >= 4 is 12.0 Å². The molecule has 1 aliphatic rings.